The van der Waals surface area contributed by atoms with Gasteiger partial charge in [-0.05, 0) is 31.2 Å². The maximum Gasteiger partial charge on any atom is 0.0700 e. The Labute approximate surface area is 99.9 Å². The van der Waals surface area contributed by atoms with Crippen molar-refractivity contribution in [2.45, 2.75) is 32.6 Å². The molecule has 3 nitrogen and oxygen atoms in total. The third kappa shape index (κ3) is 6.46. The zero-order valence-electron chi connectivity index (χ0n) is 10.8. The Bertz CT molecular complexity index is 164. The highest BCUT2D eigenvalue weighted by Crippen LogP contribution is 2.27. The summed E-state index contributed by atoms with van der Waals surface area (Å²) < 4.78 is 10.3. The van der Waals surface area contributed by atoms with Gasteiger partial charge < -0.3 is 14.8 Å². The molecule has 2 atom stereocenters. The van der Waals surface area contributed by atoms with Gasteiger partial charge in [-0.2, -0.15) is 0 Å². The van der Waals surface area contributed by atoms with Crippen molar-refractivity contribution >= 4 is 0 Å². The zero-order chi connectivity index (χ0) is 11.6. The summed E-state index contributed by atoms with van der Waals surface area (Å²) in [5, 5.41) is 3.49. The lowest BCUT2D eigenvalue weighted by molar-refractivity contribution is 0.0714. The molecule has 0 spiro atoms. The van der Waals surface area contributed by atoms with Gasteiger partial charge in [0.05, 0.1) is 19.8 Å². The van der Waals surface area contributed by atoms with Crippen molar-refractivity contribution in [3.8, 4) is 0 Å². The van der Waals surface area contributed by atoms with E-state index in [4.69, 9.17) is 9.47 Å². The van der Waals surface area contributed by atoms with Crippen LogP contribution in [-0.2, 0) is 9.47 Å². The first-order chi connectivity index (χ1) is 7.83. The predicted octanol–water partition coefficient (Wildman–Crippen LogP) is 2.07. The normalized spacial score (nSPS) is 25.9. The van der Waals surface area contributed by atoms with Crippen LogP contribution in [0.5, 0.6) is 0 Å². The van der Waals surface area contributed by atoms with Crippen LogP contribution in [0.25, 0.3) is 0 Å². The minimum atomic E-state index is 0.695. The van der Waals surface area contributed by atoms with E-state index in [1.807, 2.05) is 0 Å². The molecule has 1 saturated carbocycles. The average Bonchev–Trinajstić information content (AvgIpc) is 2.28. The fourth-order valence-corrected chi connectivity index (χ4v) is 2.44. The highest BCUT2D eigenvalue weighted by Gasteiger charge is 2.17. The van der Waals surface area contributed by atoms with E-state index < -0.39 is 0 Å². The van der Waals surface area contributed by atoms with Gasteiger partial charge in [-0.3, -0.25) is 0 Å². The molecular weight excluding hydrogens is 202 g/mol. The molecule has 1 N–H and O–H groups in total. The summed E-state index contributed by atoms with van der Waals surface area (Å²) in [5.74, 6) is 1.82. The van der Waals surface area contributed by atoms with Crippen LogP contribution in [-0.4, -0.2) is 40.0 Å². The van der Waals surface area contributed by atoms with Gasteiger partial charge in [0.25, 0.3) is 0 Å². The zero-order valence-corrected chi connectivity index (χ0v) is 10.8. The minimum Gasteiger partial charge on any atom is -0.382 e. The average molecular weight is 229 g/mol. The van der Waals surface area contributed by atoms with Gasteiger partial charge in [0.15, 0.2) is 0 Å². The van der Waals surface area contributed by atoms with E-state index in [0.717, 1.165) is 31.5 Å². The number of ether oxygens (including phenoxy) is 2. The van der Waals surface area contributed by atoms with Gasteiger partial charge in [0.1, 0.15) is 0 Å². The summed E-state index contributed by atoms with van der Waals surface area (Å²) in [5.41, 5.74) is 0. The molecule has 2 unspecified atom stereocenters. The van der Waals surface area contributed by atoms with E-state index in [1.54, 1.807) is 7.11 Å². The van der Waals surface area contributed by atoms with Crippen molar-refractivity contribution in [1.29, 1.82) is 0 Å². The van der Waals surface area contributed by atoms with Crippen molar-refractivity contribution < 1.29 is 9.47 Å². The lowest BCUT2D eigenvalue weighted by Crippen LogP contribution is -2.29. The quantitative estimate of drug-likeness (QED) is 0.646. The molecule has 3 heteroatoms. The molecule has 0 aliphatic heterocycles. The second-order valence-corrected chi connectivity index (χ2v) is 4.95. The summed E-state index contributed by atoms with van der Waals surface area (Å²) in [6, 6.07) is 0. The van der Waals surface area contributed by atoms with Crippen molar-refractivity contribution in [3.63, 3.8) is 0 Å². The van der Waals surface area contributed by atoms with E-state index in [1.165, 1.54) is 25.7 Å². The number of rotatable bonds is 8. The van der Waals surface area contributed by atoms with Crippen LogP contribution < -0.4 is 5.32 Å². The van der Waals surface area contributed by atoms with Crippen LogP contribution in [0.2, 0.25) is 0 Å². The Hall–Kier alpha value is -0.120. The molecule has 0 amide bonds. The Balaban J connectivity index is 1.86. The second kappa shape index (κ2) is 8.97. The van der Waals surface area contributed by atoms with Gasteiger partial charge in [0, 0.05) is 13.7 Å². The molecule has 0 aromatic carbocycles. The molecular formula is C13H27NO2. The van der Waals surface area contributed by atoms with Gasteiger partial charge in [-0.1, -0.05) is 19.8 Å². The number of hydrogen-bond donors (Lipinski definition) is 1. The van der Waals surface area contributed by atoms with Gasteiger partial charge in [0.2, 0.25) is 0 Å². The van der Waals surface area contributed by atoms with Gasteiger partial charge in [-0.15, -0.1) is 0 Å². The van der Waals surface area contributed by atoms with Crippen LogP contribution >= 0.6 is 0 Å². The lowest BCUT2D eigenvalue weighted by Gasteiger charge is -2.26. The van der Waals surface area contributed by atoms with Crippen LogP contribution in [0.3, 0.4) is 0 Å². The number of nitrogens with one attached hydrogen (secondary N) is 1. The molecule has 16 heavy (non-hydrogen) atoms. The molecule has 1 rings (SSSR count). The molecule has 0 radical (unpaired) electrons. The van der Waals surface area contributed by atoms with Crippen LogP contribution in [0, 0.1) is 11.8 Å². The molecule has 1 aliphatic rings. The Morgan fingerprint density at radius 3 is 2.81 bits per heavy atom. The topological polar surface area (TPSA) is 30.5 Å². The van der Waals surface area contributed by atoms with E-state index in [2.05, 4.69) is 12.2 Å². The molecule has 0 heterocycles. The summed E-state index contributed by atoms with van der Waals surface area (Å²) in [6.45, 7) is 6.71. The van der Waals surface area contributed by atoms with E-state index in [0.29, 0.717) is 13.2 Å². The SMILES string of the molecule is COCCOCCNCC1CCCC(C)C1. The first-order valence-electron chi connectivity index (χ1n) is 6.60. The van der Waals surface area contributed by atoms with Gasteiger partial charge >= 0.3 is 0 Å². The summed E-state index contributed by atoms with van der Waals surface area (Å²) in [4.78, 5) is 0. The van der Waals surface area contributed by atoms with Crippen LogP contribution in [0.1, 0.15) is 32.6 Å². The van der Waals surface area contributed by atoms with Crippen molar-refractivity contribution in [2.24, 2.45) is 11.8 Å². The molecule has 1 fully saturated rings. The van der Waals surface area contributed by atoms with Crippen molar-refractivity contribution in [2.75, 3.05) is 40.0 Å². The second-order valence-electron chi connectivity index (χ2n) is 4.95. The summed E-state index contributed by atoms with van der Waals surface area (Å²) in [6.07, 6.45) is 5.65. The van der Waals surface area contributed by atoms with Crippen molar-refractivity contribution in [3.05, 3.63) is 0 Å². The molecule has 96 valence electrons. The van der Waals surface area contributed by atoms with Crippen molar-refractivity contribution in [1.82, 2.24) is 5.32 Å². The third-order valence-corrected chi connectivity index (χ3v) is 3.33. The minimum absolute atomic E-state index is 0.695. The summed E-state index contributed by atoms with van der Waals surface area (Å²) >= 11 is 0. The molecule has 0 aromatic heterocycles. The fourth-order valence-electron chi connectivity index (χ4n) is 2.44. The van der Waals surface area contributed by atoms with Crippen LogP contribution in [0.4, 0.5) is 0 Å². The van der Waals surface area contributed by atoms with Crippen LogP contribution in [0.15, 0.2) is 0 Å². The molecule has 0 saturated heterocycles. The summed E-state index contributed by atoms with van der Waals surface area (Å²) in [7, 11) is 1.70. The fraction of sp³-hybridized carbons (Fsp3) is 1.00. The Morgan fingerprint density at radius 1 is 1.19 bits per heavy atom. The maximum absolute atomic E-state index is 5.40. The van der Waals surface area contributed by atoms with E-state index in [9.17, 15) is 0 Å². The van der Waals surface area contributed by atoms with E-state index >= 15 is 0 Å². The maximum atomic E-state index is 5.40. The monoisotopic (exact) mass is 229 g/mol. The van der Waals surface area contributed by atoms with E-state index in [-0.39, 0.29) is 0 Å². The lowest BCUT2D eigenvalue weighted by atomic mass is 9.82. The van der Waals surface area contributed by atoms with Gasteiger partial charge in [-0.25, -0.2) is 0 Å². The third-order valence-electron chi connectivity index (χ3n) is 3.33. The first-order valence-corrected chi connectivity index (χ1v) is 6.60. The number of methoxy groups -OCH3 is 1. The standard InChI is InChI=1S/C13H27NO2/c1-12-4-3-5-13(10-12)11-14-6-7-16-9-8-15-2/h12-14H,3-11H2,1-2H3. The Morgan fingerprint density at radius 2 is 2.06 bits per heavy atom. The highest BCUT2D eigenvalue weighted by molar-refractivity contribution is 4.72. The smallest absolute Gasteiger partial charge is 0.0700 e. The largest absolute Gasteiger partial charge is 0.382 e. The first kappa shape index (κ1) is 13.9. The molecule has 0 aromatic rings. The molecule has 1 aliphatic carbocycles. The Kier molecular flexibility index (Phi) is 7.81. The highest BCUT2D eigenvalue weighted by atomic mass is 16.5. The predicted molar refractivity (Wildman–Crippen MR) is 66.7 cm³/mol. The number of hydrogen-bond acceptors (Lipinski definition) is 3. The molecule has 0 bridgehead atoms.